The highest BCUT2D eigenvalue weighted by molar-refractivity contribution is 6.30. The molecule has 0 spiro atoms. The van der Waals surface area contributed by atoms with Crippen LogP contribution in [0, 0.1) is 0 Å². The van der Waals surface area contributed by atoms with E-state index >= 15 is 0 Å². The summed E-state index contributed by atoms with van der Waals surface area (Å²) in [6.07, 6.45) is 2.85. The highest BCUT2D eigenvalue weighted by atomic mass is 35.5. The van der Waals surface area contributed by atoms with Crippen molar-refractivity contribution in [2.45, 2.75) is 13.3 Å². The quantitative estimate of drug-likeness (QED) is 0.710. The predicted molar refractivity (Wildman–Crippen MR) is 98.5 cm³/mol. The maximum atomic E-state index is 12.3. The molecule has 3 nitrogen and oxygen atoms in total. The minimum Gasteiger partial charge on any atom is -0.322 e. The maximum absolute atomic E-state index is 12.3. The zero-order valence-electron chi connectivity index (χ0n) is 13.3. The highest BCUT2D eigenvalue weighted by Crippen LogP contribution is 2.19. The van der Waals surface area contributed by atoms with Crippen LogP contribution in [0.4, 0.5) is 5.69 Å². The molecule has 3 rings (SSSR count). The van der Waals surface area contributed by atoms with Crippen LogP contribution < -0.4 is 5.32 Å². The number of benzene rings is 2. The lowest BCUT2D eigenvalue weighted by Crippen LogP contribution is -2.11. The summed E-state index contributed by atoms with van der Waals surface area (Å²) in [6.45, 7) is 2.10. The van der Waals surface area contributed by atoms with Crippen molar-refractivity contribution < 1.29 is 4.79 Å². The van der Waals surface area contributed by atoms with Crippen LogP contribution in [0.15, 0.2) is 66.9 Å². The van der Waals surface area contributed by atoms with E-state index in [1.165, 1.54) is 5.56 Å². The number of carbonyl (C=O) groups excluding carboxylic acids is 1. The second-order valence-corrected chi connectivity index (χ2v) is 5.88. The number of aromatic nitrogens is 1. The monoisotopic (exact) mass is 336 g/mol. The molecule has 1 heterocycles. The van der Waals surface area contributed by atoms with Crippen molar-refractivity contribution >= 4 is 23.2 Å². The Balaban J connectivity index is 1.73. The number of carbonyl (C=O) groups is 1. The van der Waals surface area contributed by atoms with E-state index in [0.29, 0.717) is 16.3 Å². The van der Waals surface area contributed by atoms with E-state index in [2.05, 4.69) is 23.3 Å². The van der Waals surface area contributed by atoms with Gasteiger partial charge < -0.3 is 5.32 Å². The summed E-state index contributed by atoms with van der Waals surface area (Å²) in [5.41, 5.74) is 4.40. The molecule has 0 fully saturated rings. The van der Waals surface area contributed by atoms with E-state index in [1.807, 2.05) is 24.4 Å². The van der Waals surface area contributed by atoms with Crippen LogP contribution in [0.2, 0.25) is 5.02 Å². The van der Waals surface area contributed by atoms with E-state index in [4.69, 9.17) is 11.6 Å². The molecule has 24 heavy (non-hydrogen) atoms. The van der Waals surface area contributed by atoms with Gasteiger partial charge in [0.05, 0.1) is 5.69 Å². The average molecular weight is 337 g/mol. The van der Waals surface area contributed by atoms with Crippen molar-refractivity contribution in [1.29, 1.82) is 0 Å². The van der Waals surface area contributed by atoms with Gasteiger partial charge in [0.25, 0.3) is 5.91 Å². The Morgan fingerprint density at radius 3 is 2.29 bits per heavy atom. The lowest BCUT2D eigenvalue weighted by Gasteiger charge is -2.07. The Labute approximate surface area is 146 Å². The zero-order valence-corrected chi connectivity index (χ0v) is 14.0. The summed E-state index contributed by atoms with van der Waals surface area (Å²) in [5, 5.41) is 3.48. The minimum atomic E-state index is -0.154. The summed E-state index contributed by atoms with van der Waals surface area (Å²) < 4.78 is 0. The Hall–Kier alpha value is -2.65. The number of hydrogen-bond acceptors (Lipinski definition) is 2. The molecule has 0 aliphatic carbocycles. The number of amides is 1. The van der Waals surface area contributed by atoms with Crippen LogP contribution in [0.25, 0.3) is 11.3 Å². The molecule has 4 heteroatoms. The molecular formula is C20H17ClN2O. The number of nitrogens with one attached hydrogen (secondary N) is 1. The second kappa shape index (κ2) is 7.28. The molecule has 120 valence electrons. The van der Waals surface area contributed by atoms with Crippen molar-refractivity contribution in [3.05, 3.63) is 83.0 Å². The summed E-state index contributed by atoms with van der Waals surface area (Å²) in [4.78, 5) is 16.7. The molecule has 0 saturated carbocycles. The standard InChI is InChI=1S/C20H17ClN2O/c1-2-14-3-12-19(22-13-14)15-4-6-16(7-5-15)20(24)23-18-10-8-17(21)9-11-18/h3-13H,2H2,1H3,(H,23,24). The van der Waals surface area contributed by atoms with Gasteiger partial charge in [0.2, 0.25) is 0 Å². The van der Waals surface area contributed by atoms with Crippen molar-refractivity contribution in [2.75, 3.05) is 5.32 Å². The number of halogens is 1. The van der Waals surface area contributed by atoms with Gasteiger partial charge in [-0.25, -0.2) is 0 Å². The maximum Gasteiger partial charge on any atom is 0.255 e. The van der Waals surface area contributed by atoms with Crippen molar-refractivity contribution in [2.24, 2.45) is 0 Å². The van der Waals surface area contributed by atoms with Crippen molar-refractivity contribution in [3.63, 3.8) is 0 Å². The topological polar surface area (TPSA) is 42.0 Å². The molecule has 3 aromatic rings. The van der Waals surface area contributed by atoms with Gasteiger partial charge in [-0.05, 0) is 54.4 Å². The lowest BCUT2D eigenvalue weighted by atomic mass is 10.1. The van der Waals surface area contributed by atoms with Gasteiger partial charge >= 0.3 is 0 Å². The molecule has 1 aromatic heterocycles. The van der Waals surface area contributed by atoms with Crippen LogP contribution >= 0.6 is 11.6 Å². The second-order valence-electron chi connectivity index (χ2n) is 5.44. The SMILES string of the molecule is CCc1ccc(-c2ccc(C(=O)Nc3ccc(Cl)cc3)cc2)nc1. The average Bonchev–Trinajstić information content (AvgIpc) is 2.64. The fraction of sp³-hybridized carbons (Fsp3) is 0.100. The van der Waals surface area contributed by atoms with Crippen LogP contribution in [-0.2, 0) is 6.42 Å². The molecular weight excluding hydrogens is 320 g/mol. The number of anilines is 1. The molecule has 0 bridgehead atoms. The first-order chi connectivity index (χ1) is 11.7. The largest absolute Gasteiger partial charge is 0.322 e. The molecule has 0 atom stereocenters. The lowest BCUT2D eigenvalue weighted by molar-refractivity contribution is 0.102. The van der Waals surface area contributed by atoms with Gasteiger partial charge in [-0.1, -0.05) is 36.7 Å². The molecule has 0 radical (unpaired) electrons. The summed E-state index contributed by atoms with van der Waals surface area (Å²) in [7, 11) is 0. The molecule has 2 aromatic carbocycles. The van der Waals surface area contributed by atoms with Crippen LogP contribution in [0.3, 0.4) is 0 Å². The smallest absolute Gasteiger partial charge is 0.255 e. The summed E-state index contributed by atoms with van der Waals surface area (Å²) in [6, 6.07) is 18.5. The Morgan fingerprint density at radius 2 is 1.71 bits per heavy atom. The first-order valence-corrected chi connectivity index (χ1v) is 8.16. The van der Waals surface area contributed by atoms with E-state index in [-0.39, 0.29) is 5.91 Å². The highest BCUT2D eigenvalue weighted by Gasteiger charge is 2.07. The van der Waals surface area contributed by atoms with Crippen molar-refractivity contribution in [1.82, 2.24) is 4.98 Å². The number of nitrogens with zero attached hydrogens (tertiary/aromatic N) is 1. The fourth-order valence-electron chi connectivity index (χ4n) is 2.33. The third-order valence-corrected chi connectivity index (χ3v) is 4.03. The first kappa shape index (κ1) is 16.2. The zero-order chi connectivity index (χ0) is 16.9. The fourth-order valence-corrected chi connectivity index (χ4v) is 2.46. The Morgan fingerprint density at radius 1 is 1.00 bits per heavy atom. The Kier molecular flexibility index (Phi) is 4.92. The Bertz CT molecular complexity index is 825. The van der Waals surface area contributed by atoms with Gasteiger partial charge in [0, 0.05) is 28.0 Å². The first-order valence-electron chi connectivity index (χ1n) is 7.78. The van der Waals surface area contributed by atoms with E-state index in [1.54, 1.807) is 36.4 Å². The van der Waals surface area contributed by atoms with Gasteiger partial charge in [0.1, 0.15) is 0 Å². The number of pyridine rings is 1. The third-order valence-electron chi connectivity index (χ3n) is 3.78. The molecule has 1 N–H and O–H groups in total. The third kappa shape index (κ3) is 3.81. The number of aryl methyl sites for hydroxylation is 1. The van der Waals surface area contributed by atoms with Crippen LogP contribution in [-0.4, -0.2) is 10.9 Å². The normalized spacial score (nSPS) is 10.4. The van der Waals surface area contributed by atoms with E-state index < -0.39 is 0 Å². The molecule has 0 aliphatic rings. The summed E-state index contributed by atoms with van der Waals surface area (Å²) in [5.74, 6) is -0.154. The summed E-state index contributed by atoms with van der Waals surface area (Å²) >= 11 is 5.84. The number of rotatable bonds is 4. The van der Waals surface area contributed by atoms with Gasteiger partial charge in [-0.15, -0.1) is 0 Å². The van der Waals surface area contributed by atoms with E-state index in [9.17, 15) is 4.79 Å². The molecule has 1 amide bonds. The van der Waals surface area contributed by atoms with Crippen molar-refractivity contribution in [3.8, 4) is 11.3 Å². The number of hydrogen-bond donors (Lipinski definition) is 1. The molecule has 0 aliphatic heterocycles. The van der Waals surface area contributed by atoms with Crippen LogP contribution in [0.1, 0.15) is 22.8 Å². The predicted octanol–water partition coefficient (Wildman–Crippen LogP) is 5.22. The molecule has 0 unspecified atom stereocenters. The van der Waals surface area contributed by atoms with Gasteiger partial charge in [-0.2, -0.15) is 0 Å². The van der Waals surface area contributed by atoms with Gasteiger partial charge in [0.15, 0.2) is 0 Å². The molecule has 0 saturated heterocycles. The van der Waals surface area contributed by atoms with E-state index in [0.717, 1.165) is 17.7 Å². The van der Waals surface area contributed by atoms with Gasteiger partial charge in [-0.3, -0.25) is 9.78 Å². The minimum absolute atomic E-state index is 0.154. The van der Waals surface area contributed by atoms with Crippen LogP contribution in [0.5, 0.6) is 0 Å².